The number of alkyl carbamates (subject to hydrolysis) is 1. The minimum Gasteiger partial charge on any atom is -0.504 e. The fourth-order valence-electron chi connectivity index (χ4n) is 3.02. The molecule has 0 fully saturated rings. The number of phenolic OH excluding ortho intramolecular Hbond substituents is 2. The minimum absolute atomic E-state index is 0.135. The molecule has 0 radical (unpaired) electrons. The first-order valence-electron chi connectivity index (χ1n) is 12.1. The molecule has 1 aromatic rings. The van der Waals surface area contributed by atoms with Crippen LogP contribution in [0.5, 0.6) is 11.5 Å². The van der Waals surface area contributed by atoms with E-state index in [1.807, 2.05) is 6.92 Å². The summed E-state index contributed by atoms with van der Waals surface area (Å²) in [4.78, 5) is 36.1. The first kappa shape index (κ1) is 30.8. The monoisotopic (exact) mass is 513 g/mol. The van der Waals surface area contributed by atoms with E-state index in [4.69, 9.17) is 18.9 Å². The molecule has 0 saturated carbocycles. The zero-order valence-corrected chi connectivity index (χ0v) is 21.0. The predicted octanol–water partition coefficient (Wildman–Crippen LogP) is 1.82. The summed E-state index contributed by atoms with van der Waals surface area (Å²) in [7, 11) is 0. The van der Waals surface area contributed by atoms with E-state index in [0.717, 1.165) is 5.56 Å². The first-order valence-corrected chi connectivity index (χ1v) is 12.1. The van der Waals surface area contributed by atoms with Crippen molar-refractivity contribution in [2.45, 2.75) is 45.6 Å². The Hall–Kier alpha value is -3.25. The highest BCUT2D eigenvalue weighted by molar-refractivity contribution is 5.83. The van der Waals surface area contributed by atoms with Crippen LogP contribution in [-0.2, 0) is 30.2 Å². The van der Waals surface area contributed by atoms with Gasteiger partial charge < -0.3 is 45.1 Å². The summed E-state index contributed by atoms with van der Waals surface area (Å²) >= 11 is 0. The van der Waals surface area contributed by atoms with Crippen LogP contribution in [0.4, 0.5) is 9.59 Å². The summed E-state index contributed by atoms with van der Waals surface area (Å²) in [5.41, 5.74) is 0.729. The molecule has 204 valence electrons. The van der Waals surface area contributed by atoms with Gasteiger partial charge in [-0.1, -0.05) is 6.07 Å². The van der Waals surface area contributed by atoms with Crippen molar-refractivity contribution in [2.24, 2.45) is 0 Å². The van der Waals surface area contributed by atoms with Gasteiger partial charge >= 0.3 is 18.1 Å². The van der Waals surface area contributed by atoms with Gasteiger partial charge in [-0.15, -0.1) is 0 Å². The molecule has 0 spiro atoms. The van der Waals surface area contributed by atoms with Crippen LogP contribution in [0.3, 0.4) is 0 Å². The number of rotatable bonds is 18. The Morgan fingerprint density at radius 2 is 1.61 bits per heavy atom. The lowest BCUT2D eigenvalue weighted by Crippen LogP contribution is -2.47. The summed E-state index contributed by atoms with van der Waals surface area (Å²) in [5, 5.41) is 26.8. The number of benzene rings is 1. The maximum Gasteiger partial charge on any atom is 0.407 e. The molecule has 0 aliphatic rings. The Balaban J connectivity index is 2.26. The lowest BCUT2D eigenvalue weighted by molar-refractivity contribution is -0.145. The zero-order chi connectivity index (χ0) is 26.6. The highest BCUT2D eigenvalue weighted by Gasteiger charge is 2.21. The molecule has 1 aromatic carbocycles. The van der Waals surface area contributed by atoms with Crippen LogP contribution in [0.25, 0.3) is 0 Å². The SMILES string of the molecule is CCOCCOCCOC(=O)NCCCCC(NC(=O)NCCc1ccc(O)c(O)c1)C(=O)OCC. The number of nitrogens with one attached hydrogen (secondary N) is 3. The van der Waals surface area contributed by atoms with Gasteiger partial charge in [0.1, 0.15) is 12.6 Å². The van der Waals surface area contributed by atoms with Crippen LogP contribution in [0.1, 0.15) is 38.7 Å². The molecule has 0 aliphatic carbocycles. The molecular weight excluding hydrogens is 474 g/mol. The van der Waals surface area contributed by atoms with E-state index >= 15 is 0 Å². The quantitative estimate of drug-likeness (QED) is 0.112. The molecule has 0 bridgehead atoms. The second-order valence-corrected chi connectivity index (χ2v) is 7.65. The van der Waals surface area contributed by atoms with Gasteiger partial charge in [-0.25, -0.2) is 14.4 Å². The van der Waals surface area contributed by atoms with Gasteiger partial charge in [-0.2, -0.15) is 0 Å². The van der Waals surface area contributed by atoms with E-state index in [0.29, 0.717) is 52.0 Å². The van der Waals surface area contributed by atoms with Gasteiger partial charge in [0.05, 0.1) is 26.4 Å². The van der Waals surface area contributed by atoms with E-state index in [2.05, 4.69) is 16.0 Å². The topological polar surface area (TPSA) is 165 Å². The van der Waals surface area contributed by atoms with Crippen LogP contribution >= 0.6 is 0 Å². The second kappa shape index (κ2) is 19.0. The second-order valence-electron chi connectivity index (χ2n) is 7.65. The highest BCUT2D eigenvalue weighted by atomic mass is 16.6. The average Bonchev–Trinajstić information content (AvgIpc) is 2.84. The summed E-state index contributed by atoms with van der Waals surface area (Å²) in [5.74, 6) is -0.982. The van der Waals surface area contributed by atoms with Crippen LogP contribution in [0.15, 0.2) is 18.2 Å². The number of ether oxygens (including phenoxy) is 4. The number of carbonyl (C=O) groups excluding carboxylic acids is 3. The van der Waals surface area contributed by atoms with Gasteiger partial charge in [-0.3, -0.25) is 0 Å². The normalized spacial score (nSPS) is 11.4. The fourth-order valence-corrected chi connectivity index (χ4v) is 3.02. The number of carbonyl (C=O) groups is 3. The number of hydrogen-bond donors (Lipinski definition) is 5. The number of hydrogen-bond acceptors (Lipinski definition) is 9. The van der Waals surface area contributed by atoms with Crippen molar-refractivity contribution in [1.82, 2.24) is 16.0 Å². The Kier molecular flexibility index (Phi) is 16.2. The Morgan fingerprint density at radius 1 is 0.861 bits per heavy atom. The molecule has 0 aliphatic heterocycles. The highest BCUT2D eigenvalue weighted by Crippen LogP contribution is 2.24. The van der Waals surface area contributed by atoms with Crippen LogP contribution < -0.4 is 16.0 Å². The molecule has 1 rings (SSSR count). The van der Waals surface area contributed by atoms with Gasteiger partial charge in [0, 0.05) is 19.7 Å². The molecule has 3 amide bonds. The number of aromatic hydroxyl groups is 2. The number of unbranched alkanes of at least 4 members (excludes halogenated alkanes) is 1. The van der Waals surface area contributed by atoms with Crippen molar-refractivity contribution in [3.8, 4) is 11.5 Å². The van der Waals surface area contributed by atoms with Crippen LogP contribution in [0, 0.1) is 0 Å². The van der Waals surface area contributed by atoms with Gasteiger partial charge in [0.2, 0.25) is 0 Å². The Morgan fingerprint density at radius 3 is 2.33 bits per heavy atom. The van der Waals surface area contributed by atoms with Crippen LogP contribution in [-0.4, -0.2) is 87.1 Å². The number of amides is 3. The molecule has 0 aromatic heterocycles. The van der Waals surface area contributed by atoms with E-state index in [-0.39, 0.29) is 37.9 Å². The lowest BCUT2D eigenvalue weighted by Gasteiger charge is -2.18. The number of phenols is 2. The summed E-state index contributed by atoms with van der Waals surface area (Å²) in [6.45, 7) is 6.36. The molecule has 0 saturated heterocycles. The Bertz CT molecular complexity index is 792. The van der Waals surface area contributed by atoms with E-state index in [1.165, 1.54) is 12.1 Å². The minimum atomic E-state index is -0.830. The molecule has 12 nitrogen and oxygen atoms in total. The van der Waals surface area contributed by atoms with E-state index in [1.54, 1.807) is 13.0 Å². The maximum atomic E-state index is 12.2. The standard InChI is InChI=1S/C24H39N3O9/c1-3-33-13-14-34-15-16-36-24(32)26-11-6-5-7-19(22(30)35-4-2)27-23(31)25-12-10-18-8-9-20(28)21(29)17-18/h8-9,17,19,28-29H,3-7,10-16H2,1-2H3,(H,26,32)(H2,25,27,31). The van der Waals surface area contributed by atoms with Crippen LogP contribution in [0.2, 0.25) is 0 Å². The lowest BCUT2D eigenvalue weighted by atomic mass is 10.1. The van der Waals surface area contributed by atoms with E-state index < -0.39 is 24.1 Å². The summed E-state index contributed by atoms with van der Waals surface area (Å²) < 4.78 is 20.4. The van der Waals surface area contributed by atoms with Crippen molar-refractivity contribution in [2.75, 3.05) is 52.7 Å². The van der Waals surface area contributed by atoms with E-state index in [9.17, 15) is 24.6 Å². The smallest absolute Gasteiger partial charge is 0.407 e. The fraction of sp³-hybridized carbons (Fsp3) is 0.625. The van der Waals surface area contributed by atoms with Crippen molar-refractivity contribution in [1.29, 1.82) is 0 Å². The number of esters is 1. The molecule has 12 heteroatoms. The predicted molar refractivity (Wildman–Crippen MR) is 131 cm³/mol. The molecule has 1 atom stereocenters. The average molecular weight is 514 g/mol. The third-order valence-electron chi connectivity index (χ3n) is 4.84. The zero-order valence-electron chi connectivity index (χ0n) is 21.0. The summed E-state index contributed by atoms with van der Waals surface area (Å²) in [6.07, 6.45) is 1.33. The van der Waals surface area contributed by atoms with Crippen molar-refractivity contribution < 1.29 is 43.5 Å². The number of urea groups is 1. The van der Waals surface area contributed by atoms with Crippen molar-refractivity contribution in [3.05, 3.63) is 23.8 Å². The van der Waals surface area contributed by atoms with Gasteiger partial charge in [0.25, 0.3) is 0 Å². The maximum absolute atomic E-state index is 12.2. The molecular formula is C24H39N3O9. The van der Waals surface area contributed by atoms with Crippen molar-refractivity contribution in [3.63, 3.8) is 0 Å². The molecule has 36 heavy (non-hydrogen) atoms. The molecule has 1 unspecified atom stereocenters. The third-order valence-corrected chi connectivity index (χ3v) is 4.84. The third kappa shape index (κ3) is 14.2. The van der Waals surface area contributed by atoms with Gasteiger partial charge in [-0.05, 0) is 57.2 Å². The van der Waals surface area contributed by atoms with Gasteiger partial charge in [0.15, 0.2) is 11.5 Å². The Labute approximate surface area is 211 Å². The summed E-state index contributed by atoms with van der Waals surface area (Å²) in [6, 6.07) is 3.07. The first-order chi connectivity index (χ1) is 17.4. The van der Waals surface area contributed by atoms with Crippen molar-refractivity contribution >= 4 is 18.1 Å². The molecule has 0 heterocycles. The largest absolute Gasteiger partial charge is 0.504 e. The molecule has 5 N–H and O–H groups in total.